The fourth-order valence-corrected chi connectivity index (χ4v) is 1.46. The summed E-state index contributed by atoms with van der Waals surface area (Å²) in [7, 11) is 0. The van der Waals surface area contributed by atoms with Gasteiger partial charge >= 0.3 is 0 Å². The molecule has 0 fully saturated rings. The summed E-state index contributed by atoms with van der Waals surface area (Å²) in [6, 6.07) is 8.24. The molecular formula is C14H20O. The summed E-state index contributed by atoms with van der Waals surface area (Å²) in [5.74, 6) is 1.52. The van der Waals surface area contributed by atoms with Crippen LogP contribution in [0.4, 0.5) is 0 Å². The molecule has 1 aromatic carbocycles. The van der Waals surface area contributed by atoms with Crippen LogP contribution < -0.4 is 4.74 Å². The molecule has 0 heterocycles. The van der Waals surface area contributed by atoms with Crippen molar-refractivity contribution in [2.75, 3.05) is 6.61 Å². The third-order valence-corrected chi connectivity index (χ3v) is 2.28. The van der Waals surface area contributed by atoms with Gasteiger partial charge in [0.1, 0.15) is 12.4 Å². The number of para-hydroxylation sites is 1. The molecule has 1 rings (SSSR count). The van der Waals surface area contributed by atoms with Crippen molar-refractivity contribution >= 4 is 0 Å². The number of benzene rings is 1. The molecular weight excluding hydrogens is 184 g/mol. The van der Waals surface area contributed by atoms with Gasteiger partial charge in [-0.25, -0.2) is 0 Å². The van der Waals surface area contributed by atoms with Crippen molar-refractivity contribution in [2.24, 2.45) is 0 Å². The van der Waals surface area contributed by atoms with Crippen molar-refractivity contribution in [3.05, 3.63) is 42.0 Å². The van der Waals surface area contributed by atoms with E-state index >= 15 is 0 Å². The zero-order valence-corrected chi connectivity index (χ0v) is 9.86. The summed E-state index contributed by atoms with van der Waals surface area (Å²) in [5.41, 5.74) is 1.28. The Hall–Kier alpha value is -1.24. The SMILES string of the molecule is CCC=CCOc1ccccc1C(C)C. The van der Waals surface area contributed by atoms with Gasteiger partial charge in [-0.1, -0.05) is 51.1 Å². The minimum Gasteiger partial charge on any atom is -0.489 e. The fourth-order valence-electron chi connectivity index (χ4n) is 1.46. The highest BCUT2D eigenvalue weighted by molar-refractivity contribution is 5.35. The Bertz CT molecular complexity index is 313. The van der Waals surface area contributed by atoms with Crippen LogP contribution in [0.2, 0.25) is 0 Å². The van der Waals surface area contributed by atoms with Gasteiger partial charge in [-0.05, 0) is 24.0 Å². The Labute approximate surface area is 92.8 Å². The average molecular weight is 204 g/mol. The number of ether oxygens (including phenoxy) is 1. The van der Waals surface area contributed by atoms with Crippen LogP contribution in [0.25, 0.3) is 0 Å². The van der Waals surface area contributed by atoms with E-state index in [4.69, 9.17) is 4.74 Å². The molecule has 0 aliphatic heterocycles. The second-order valence-corrected chi connectivity index (χ2v) is 3.88. The maximum Gasteiger partial charge on any atom is 0.123 e. The molecule has 0 saturated heterocycles. The number of allylic oxidation sites excluding steroid dienone is 1. The molecule has 0 spiro atoms. The van der Waals surface area contributed by atoms with E-state index in [0.29, 0.717) is 12.5 Å². The average Bonchev–Trinajstić information content (AvgIpc) is 2.25. The lowest BCUT2D eigenvalue weighted by Crippen LogP contribution is -1.98. The van der Waals surface area contributed by atoms with Gasteiger partial charge in [-0.2, -0.15) is 0 Å². The van der Waals surface area contributed by atoms with Crippen LogP contribution in [0, 0.1) is 0 Å². The minimum absolute atomic E-state index is 0.511. The summed E-state index contributed by atoms with van der Waals surface area (Å²) in [6.07, 6.45) is 5.25. The second kappa shape index (κ2) is 6.28. The molecule has 0 saturated carbocycles. The fraction of sp³-hybridized carbons (Fsp3) is 0.429. The molecule has 0 radical (unpaired) electrons. The lowest BCUT2D eigenvalue weighted by molar-refractivity contribution is 0.357. The Kier molecular flexibility index (Phi) is 4.96. The van der Waals surface area contributed by atoms with E-state index in [1.807, 2.05) is 12.1 Å². The van der Waals surface area contributed by atoms with Crippen LogP contribution >= 0.6 is 0 Å². The molecule has 1 aromatic rings. The highest BCUT2D eigenvalue weighted by atomic mass is 16.5. The smallest absolute Gasteiger partial charge is 0.123 e. The normalized spacial score (nSPS) is 11.2. The topological polar surface area (TPSA) is 9.23 Å². The predicted molar refractivity (Wildman–Crippen MR) is 65.5 cm³/mol. The van der Waals surface area contributed by atoms with Gasteiger partial charge in [0.25, 0.3) is 0 Å². The van der Waals surface area contributed by atoms with Crippen LogP contribution in [0.5, 0.6) is 5.75 Å². The summed E-state index contributed by atoms with van der Waals surface area (Å²) < 4.78 is 5.71. The van der Waals surface area contributed by atoms with Crippen molar-refractivity contribution in [3.63, 3.8) is 0 Å². The number of hydrogen-bond donors (Lipinski definition) is 0. The highest BCUT2D eigenvalue weighted by Crippen LogP contribution is 2.25. The molecule has 0 aromatic heterocycles. The summed E-state index contributed by atoms with van der Waals surface area (Å²) in [5, 5.41) is 0. The van der Waals surface area contributed by atoms with Crippen molar-refractivity contribution in [3.8, 4) is 5.75 Å². The third kappa shape index (κ3) is 3.78. The summed E-state index contributed by atoms with van der Waals surface area (Å²) >= 11 is 0. The quantitative estimate of drug-likeness (QED) is 0.654. The van der Waals surface area contributed by atoms with E-state index in [1.165, 1.54) is 5.56 Å². The van der Waals surface area contributed by atoms with Crippen LogP contribution in [0.1, 0.15) is 38.7 Å². The Morgan fingerprint density at radius 1 is 1.20 bits per heavy atom. The molecule has 15 heavy (non-hydrogen) atoms. The summed E-state index contributed by atoms with van der Waals surface area (Å²) in [4.78, 5) is 0. The van der Waals surface area contributed by atoms with Gasteiger partial charge in [0.05, 0.1) is 0 Å². The van der Waals surface area contributed by atoms with Crippen LogP contribution in [-0.4, -0.2) is 6.61 Å². The maximum absolute atomic E-state index is 5.71. The van der Waals surface area contributed by atoms with E-state index in [0.717, 1.165) is 12.2 Å². The molecule has 0 amide bonds. The first kappa shape index (κ1) is 11.8. The Morgan fingerprint density at radius 2 is 1.93 bits per heavy atom. The molecule has 0 unspecified atom stereocenters. The van der Waals surface area contributed by atoms with Crippen LogP contribution in [0.15, 0.2) is 36.4 Å². The van der Waals surface area contributed by atoms with E-state index in [2.05, 4.69) is 45.1 Å². The van der Waals surface area contributed by atoms with E-state index in [-0.39, 0.29) is 0 Å². The van der Waals surface area contributed by atoms with Crippen LogP contribution in [-0.2, 0) is 0 Å². The standard InChI is InChI=1S/C14H20O/c1-4-5-8-11-15-14-10-7-6-9-13(14)12(2)3/h5-10,12H,4,11H2,1-3H3. The molecule has 82 valence electrons. The lowest BCUT2D eigenvalue weighted by atomic mass is 10.0. The largest absolute Gasteiger partial charge is 0.489 e. The van der Waals surface area contributed by atoms with E-state index < -0.39 is 0 Å². The van der Waals surface area contributed by atoms with Gasteiger partial charge in [0, 0.05) is 0 Å². The lowest BCUT2D eigenvalue weighted by Gasteiger charge is -2.12. The molecule has 1 nitrogen and oxygen atoms in total. The Morgan fingerprint density at radius 3 is 2.60 bits per heavy atom. The van der Waals surface area contributed by atoms with Gasteiger partial charge in [0.15, 0.2) is 0 Å². The van der Waals surface area contributed by atoms with Crippen molar-refractivity contribution in [1.29, 1.82) is 0 Å². The maximum atomic E-state index is 5.71. The molecule has 0 atom stereocenters. The van der Waals surface area contributed by atoms with Crippen LogP contribution in [0.3, 0.4) is 0 Å². The monoisotopic (exact) mass is 204 g/mol. The minimum atomic E-state index is 0.511. The molecule has 0 aliphatic carbocycles. The van der Waals surface area contributed by atoms with Gasteiger partial charge in [0.2, 0.25) is 0 Å². The number of hydrogen-bond acceptors (Lipinski definition) is 1. The van der Waals surface area contributed by atoms with Gasteiger partial charge in [-0.3, -0.25) is 0 Å². The van der Waals surface area contributed by atoms with Gasteiger partial charge < -0.3 is 4.74 Å². The van der Waals surface area contributed by atoms with Crippen molar-refractivity contribution in [1.82, 2.24) is 0 Å². The van der Waals surface area contributed by atoms with Crippen molar-refractivity contribution < 1.29 is 4.74 Å². The van der Waals surface area contributed by atoms with E-state index in [9.17, 15) is 0 Å². The molecule has 0 bridgehead atoms. The molecule has 0 N–H and O–H groups in total. The third-order valence-electron chi connectivity index (χ3n) is 2.28. The first-order chi connectivity index (χ1) is 7.25. The summed E-state index contributed by atoms with van der Waals surface area (Å²) in [6.45, 7) is 7.16. The number of rotatable bonds is 5. The van der Waals surface area contributed by atoms with Crippen molar-refractivity contribution in [2.45, 2.75) is 33.1 Å². The molecule has 0 aliphatic rings. The van der Waals surface area contributed by atoms with Gasteiger partial charge in [-0.15, -0.1) is 0 Å². The first-order valence-electron chi connectivity index (χ1n) is 5.62. The Balaban J connectivity index is 2.63. The first-order valence-corrected chi connectivity index (χ1v) is 5.62. The highest BCUT2D eigenvalue weighted by Gasteiger charge is 2.05. The molecule has 1 heteroatoms. The second-order valence-electron chi connectivity index (χ2n) is 3.88. The van der Waals surface area contributed by atoms with E-state index in [1.54, 1.807) is 0 Å². The zero-order valence-electron chi connectivity index (χ0n) is 9.86. The predicted octanol–water partition coefficient (Wildman–Crippen LogP) is 4.16. The zero-order chi connectivity index (χ0) is 11.1.